The predicted octanol–water partition coefficient (Wildman–Crippen LogP) is 5.17. The van der Waals surface area contributed by atoms with Gasteiger partial charge in [-0.25, -0.2) is 0 Å². The highest BCUT2D eigenvalue weighted by molar-refractivity contribution is 5.91. The zero-order valence-electron chi connectivity index (χ0n) is 20.4. The van der Waals surface area contributed by atoms with Crippen LogP contribution in [0.5, 0.6) is 0 Å². The van der Waals surface area contributed by atoms with Crippen LogP contribution >= 0.6 is 0 Å². The van der Waals surface area contributed by atoms with Crippen LogP contribution in [-0.2, 0) is 4.79 Å². The lowest BCUT2D eigenvalue weighted by Gasteiger charge is -2.38. The fourth-order valence-corrected chi connectivity index (χ4v) is 5.37. The molecular weight excluding hydrogens is 396 g/mol. The van der Waals surface area contributed by atoms with Gasteiger partial charge in [0, 0.05) is 49.8 Å². The van der Waals surface area contributed by atoms with Crippen molar-refractivity contribution < 1.29 is 4.79 Å². The van der Waals surface area contributed by atoms with Crippen LogP contribution in [0.4, 0.5) is 5.69 Å². The van der Waals surface area contributed by atoms with E-state index in [0.29, 0.717) is 30.1 Å². The molecule has 3 rings (SSSR count). The third kappa shape index (κ3) is 5.94. The normalized spacial score (nSPS) is 23.3. The van der Waals surface area contributed by atoms with Gasteiger partial charge in [0.2, 0.25) is 5.91 Å². The number of carbonyl (C=O) groups is 1. The molecule has 0 bridgehead atoms. The number of hydrogen-bond donors (Lipinski definition) is 0. The van der Waals surface area contributed by atoms with E-state index < -0.39 is 0 Å². The van der Waals surface area contributed by atoms with E-state index in [9.17, 15) is 4.79 Å². The minimum absolute atomic E-state index is 0.311. The molecule has 0 aliphatic carbocycles. The van der Waals surface area contributed by atoms with Crippen molar-refractivity contribution in [2.45, 2.75) is 51.9 Å². The van der Waals surface area contributed by atoms with Crippen LogP contribution in [0.2, 0.25) is 0 Å². The maximum Gasteiger partial charge on any atom is 0.222 e. The van der Waals surface area contributed by atoms with Gasteiger partial charge in [0.1, 0.15) is 0 Å². The van der Waals surface area contributed by atoms with E-state index in [2.05, 4.69) is 64.8 Å². The van der Waals surface area contributed by atoms with E-state index in [-0.39, 0.29) is 0 Å². The second-order valence-electron chi connectivity index (χ2n) is 9.67. The second-order valence-corrected chi connectivity index (χ2v) is 9.67. The molecule has 0 radical (unpaired) electrons. The molecule has 2 aliphatic rings. The molecule has 5 nitrogen and oxygen atoms in total. The standard InChI is InChI=1S/C27H40N4O/c1-6-7-25-24(10-9-22(17-28-3)27(25)29-4)23-16-20(2)18-31(19-23)26(32)11-8-21-12-14-30(5)15-13-21/h6-7,9-10,17,20-21,23H,4,8,11-16,18-19H2,1-3,5H3/b7-6-,28-17?. The van der Waals surface area contributed by atoms with Gasteiger partial charge in [-0.05, 0) is 76.9 Å². The van der Waals surface area contributed by atoms with Crippen LogP contribution in [-0.4, -0.2) is 68.9 Å². The van der Waals surface area contributed by atoms with Gasteiger partial charge in [-0.1, -0.05) is 31.2 Å². The Morgan fingerprint density at radius 2 is 2.00 bits per heavy atom. The number of nitrogens with zero attached hydrogens (tertiary/aromatic N) is 4. The van der Waals surface area contributed by atoms with E-state index in [4.69, 9.17) is 0 Å². The molecule has 2 saturated heterocycles. The summed E-state index contributed by atoms with van der Waals surface area (Å²) in [5, 5.41) is 0. The number of hydrogen-bond acceptors (Lipinski definition) is 4. The molecule has 1 amide bonds. The molecule has 2 heterocycles. The van der Waals surface area contributed by atoms with E-state index in [1.165, 1.54) is 18.4 Å². The summed E-state index contributed by atoms with van der Waals surface area (Å²) in [7, 11) is 3.96. The minimum Gasteiger partial charge on any atom is -0.342 e. The van der Waals surface area contributed by atoms with Crippen LogP contribution in [0.3, 0.4) is 0 Å². The fraction of sp³-hybridized carbons (Fsp3) is 0.593. The Morgan fingerprint density at radius 3 is 2.66 bits per heavy atom. The maximum absolute atomic E-state index is 13.2. The Balaban J connectivity index is 1.75. The molecule has 0 N–H and O–H groups in total. The number of aliphatic imine (C=N–C) groups is 2. The molecule has 2 fully saturated rings. The third-order valence-electron chi connectivity index (χ3n) is 7.10. The lowest BCUT2D eigenvalue weighted by atomic mass is 9.82. The van der Waals surface area contributed by atoms with E-state index in [1.54, 1.807) is 7.05 Å². The first kappa shape index (κ1) is 24.4. The van der Waals surface area contributed by atoms with Gasteiger partial charge >= 0.3 is 0 Å². The fourth-order valence-electron chi connectivity index (χ4n) is 5.37. The first-order valence-corrected chi connectivity index (χ1v) is 12.1. The van der Waals surface area contributed by atoms with Crippen molar-refractivity contribution in [3.05, 3.63) is 34.9 Å². The monoisotopic (exact) mass is 436 g/mol. The average molecular weight is 437 g/mol. The zero-order chi connectivity index (χ0) is 23.1. The average Bonchev–Trinajstić information content (AvgIpc) is 2.78. The van der Waals surface area contributed by atoms with E-state index in [1.807, 2.05) is 13.1 Å². The van der Waals surface area contributed by atoms with Crippen LogP contribution < -0.4 is 0 Å². The first-order valence-electron chi connectivity index (χ1n) is 12.1. The van der Waals surface area contributed by atoms with Gasteiger partial charge in [-0.2, -0.15) is 0 Å². The van der Waals surface area contributed by atoms with Crippen molar-refractivity contribution in [2.75, 3.05) is 40.3 Å². The van der Waals surface area contributed by atoms with Crippen LogP contribution in [0.15, 0.2) is 28.2 Å². The van der Waals surface area contributed by atoms with Gasteiger partial charge < -0.3 is 9.80 Å². The molecule has 5 heteroatoms. The summed E-state index contributed by atoms with van der Waals surface area (Å²) < 4.78 is 0. The number of amides is 1. The molecule has 32 heavy (non-hydrogen) atoms. The Labute approximate surface area is 194 Å². The second kappa shape index (κ2) is 11.6. The molecular formula is C27H40N4O. The topological polar surface area (TPSA) is 48.3 Å². The number of carbonyl (C=O) groups excluding carboxylic acids is 1. The predicted molar refractivity (Wildman–Crippen MR) is 136 cm³/mol. The molecule has 2 atom stereocenters. The molecule has 0 spiro atoms. The van der Waals surface area contributed by atoms with E-state index in [0.717, 1.165) is 55.8 Å². The van der Waals surface area contributed by atoms with Crippen LogP contribution in [0.1, 0.15) is 68.6 Å². The number of benzene rings is 1. The largest absolute Gasteiger partial charge is 0.342 e. The third-order valence-corrected chi connectivity index (χ3v) is 7.10. The summed E-state index contributed by atoms with van der Waals surface area (Å²) in [6.07, 6.45) is 11.3. The summed E-state index contributed by atoms with van der Waals surface area (Å²) in [5.74, 6) is 1.81. The molecule has 174 valence electrons. The maximum atomic E-state index is 13.2. The van der Waals surface area contributed by atoms with Crippen molar-refractivity contribution in [3.8, 4) is 0 Å². The zero-order valence-corrected chi connectivity index (χ0v) is 20.4. The van der Waals surface area contributed by atoms with Gasteiger partial charge in [0.15, 0.2) is 0 Å². The van der Waals surface area contributed by atoms with Gasteiger partial charge in [-0.15, -0.1) is 0 Å². The Kier molecular flexibility index (Phi) is 8.80. The highest BCUT2D eigenvalue weighted by atomic mass is 16.2. The van der Waals surface area contributed by atoms with Crippen molar-refractivity contribution in [1.29, 1.82) is 0 Å². The van der Waals surface area contributed by atoms with Gasteiger partial charge in [-0.3, -0.25) is 14.8 Å². The number of rotatable bonds is 7. The number of allylic oxidation sites excluding steroid dienone is 1. The number of piperidine rings is 2. The molecule has 2 unspecified atom stereocenters. The van der Waals surface area contributed by atoms with Crippen molar-refractivity contribution in [2.24, 2.45) is 21.8 Å². The van der Waals surface area contributed by atoms with Crippen LogP contribution in [0.25, 0.3) is 6.08 Å². The summed E-state index contributed by atoms with van der Waals surface area (Å²) in [4.78, 5) is 26.2. The Bertz CT molecular complexity index is 851. The van der Waals surface area contributed by atoms with Crippen molar-refractivity contribution in [3.63, 3.8) is 0 Å². The smallest absolute Gasteiger partial charge is 0.222 e. The summed E-state index contributed by atoms with van der Waals surface area (Å²) in [6, 6.07) is 4.29. The summed E-state index contributed by atoms with van der Waals surface area (Å²) in [6.45, 7) is 12.1. The molecule has 2 aliphatic heterocycles. The Hall–Kier alpha value is -2.27. The first-order chi connectivity index (χ1) is 15.5. The molecule has 1 aromatic rings. The quantitative estimate of drug-likeness (QED) is 0.553. The Morgan fingerprint density at radius 1 is 1.25 bits per heavy atom. The molecule has 1 aromatic carbocycles. The SMILES string of the molecule is C=Nc1c(C=NC)ccc(C2CC(C)CN(C(=O)CCC3CCN(C)CC3)C2)c1/C=C\C. The van der Waals surface area contributed by atoms with Gasteiger partial charge in [0.25, 0.3) is 0 Å². The lowest BCUT2D eigenvalue weighted by Crippen LogP contribution is -2.43. The molecule has 0 saturated carbocycles. The summed E-state index contributed by atoms with van der Waals surface area (Å²) in [5.41, 5.74) is 4.23. The summed E-state index contributed by atoms with van der Waals surface area (Å²) >= 11 is 0. The molecule has 0 aromatic heterocycles. The van der Waals surface area contributed by atoms with Crippen LogP contribution in [0, 0.1) is 11.8 Å². The highest BCUT2D eigenvalue weighted by Gasteiger charge is 2.31. The number of likely N-dealkylation sites (tertiary alicyclic amines) is 2. The van der Waals surface area contributed by atoms with Gasteiger partial charge in [0.05, 0.1) is 5.69 Å². The van der Waals surface area contributed by atoms with E-state index >= 15 is 0 Å². The van der Waals surface area contributed by atoms with Crippen molar-refractivity contribution in [1.82, 2.24) is 9.80 Å². The minimum atomic E-state index is 0.311. The highest BCUT2D eigenvalue weighted by Crippen LogP contribution is 2.38. The lowest BCUT2D eigenvalue weighted by molar-refractivity contribution is -0.133. The van der Waals surface area contributed by atoms with Crippen molar-refractivity contribution >= 4 is 30.6 Å².